The molecule has 2 rings (SSSR count). The summed E-state index contributed by atoms with van der Waals surface area (Å²) in [6.07, 6.45) is 4.64. The van der Waals surface area contributed by atoms with E-state index in [4.69, 9.17) is 0 Å². The lowest BCUT2D eigenvalue weighted by Gasteiger charge is -2.17. The molecule has 0 N–H and O–H groups in total. The SMILES string of the molecule is CN(C)CCCN(C)CC(=O)c1ccc2c(c1)CCC2. The largest absolute Gasteiger partial charge is 0.309 e. The summed E-state index contributed by atoms with van der Waals surface area (Å²) in [6.45, 7) is 2.55. The lowest BCUT2D eigenvalue weighted by Crippen LogP contribution is -2.29. The molecule has 0 amide bonds. The second-order valence-electron chi connectivity index (χ2n) is 6.15. The Balaban J connectivity index is 1.85. The van der Waals surface area contributed by atoms with Crippen LogP contribution in [0.3, 0.4) is 0 Å². The van der Waals surface area contributed by atoms with E-state index in [1.807, 2.05) is 13.1 Å². The number of likely N-dealkylation sites (N-methyl/N-ethyl adjacent to an activating group) is 1. The molecule has 0 spiro atoms. The highest BCUT2D eigenvalue weighted by Crippen LogP contribution is 2.23. The molecule has 0 saturated heterocycles. The van der Waals surface area contributed by atoms with Gasteiger partial charge < -0.3 is 4.90 Å². The van der Waals surface area contributed by atoms with Crippen LogP contribution in [0.5, 0.6) is 0 Å². The van der Waals surface area contributed by atoms with E-state index in [0.29, 0.717) is 6.54 Å². The van der Waals surface area contributed by atoms with Gasteiger partial charge in [0.1, 0.15) is 0 Å². The number of benzene rings is 1. The Kier molecular flexibility index (Phi) is 5.32. The maximum atomic E-state index is 12.3. The van der Waals surface area contributed by atoms with Crippen molar-refractivity contribution in [2.45, 2.75) is 25.7 Å². The highest BCUT2D eigenvalue weighted by Gasteiger charge is 2.14. The number of carbonyl (C=O) groups excluding carboxylic acids is 1. The molecule has 0 aromatic heterocycles. The molecule has 1 aromatic rings. The Bertz CT molecular complexity index is 468. The first-order chi connectivity index (χ1) is 9.56. The zero-order chi connectivity index (χ0) is 14.5. The van der Waals surface area contributed by atoms with Gasteiger partial charge in [-0.1, -0.05) is 12.1 Å². The first-order valence-corrected chi connectivity index (χ1v) is 7.54. The first-order valence-electron chi connectivity index (χ1n) is 7.54. The van der Waals surface area contributed by atoms with Gasteiger partial charge in [-0.2, -0.15) is 0 Å². The predicted octanol–water partition coefficient (Wildman–Crippen LogP) is 2.24. The van der Waals surface area contributed by atoms with Gasteiger partial charge in [0.2, 0.25) is 0 Å². The second kappa shape index (κ2) is 7.00. The summed E-state index contributed by atoms with van der Waals surface area (Å²) in [6, 6.07) is 6.25. The smallest absolute Gasteiger partial charge is 0.176 e. The summed E-state index contributed by atoms with van der Waals surface area (Å²) in [5, 5.41) is 0. The van der Waals surface area contributed by atoms with Crippen LogP contribution in [0.25, 0.3) is 0 Å². The Morgan fingerprint density at radius 3 is 2.60 bits per heavy atom. The molecule has 3 heteroatoms. The molecular formula is C17H26N2O. The Morgan fingerprint density at radius 1 is 1.10 bits per heavy atom. The molecule has 0 atom stereocenters. The average molecular weight is 274 g/mol. The Labute approximate surface area is 122 Å². The molecule has 1 aliphatic rings. The Morgan fingerprint density at radius 2 is 1.85 bits per heavy atom. The number of carbonyl (C=O) groups is 1. The van der Waals surface area contributed by atoms with E-state index >= 15 is 0 Å². The quantitative estimate of drug-likeness (QED) is 0.713. The maximum Gasteiger partial charge on any atom is 0.176 e. The molecule has 0 bridgehead atoms. The van der Waals surface area contributed by atoms with Crippen molar-refractivity contribution < 1.29 is 4.79 Å². The number of nitrogens with zero attached hydrogens (tertiary/aromatic N) is 2. The van der Waals surface area contributed by atoms with Gasteiger partial charge in [-0.15, -0.1) is 0 Å². The van der Waals surface area contributed by atoms with E-state index in [9.17, 15) is 4.79 Å². The number of hydrogen-bond donors (Lipinski definition) is 0. The lowest BCUT2D eigenvalue weighted by atomic mass is 10.0. The van der Waals surface area contributed by atoms with Crippen LogP contribution in [0.2, 0.25) is 0 Å². The second-order valence-corrected chi connectivity index (χ2v) is 6.15. The molecule has 1 aliphatic carbocycles. The van der Waals surface area contributed by atoms with E-state index < -0.39 is 0 Å². The van der Waals surface area contributed by atoms with Crippen LogP contribution < -0.4 is 0 Å². The van der Waals surface area contributed by atoms with Gasteiger partial charge in [0.05, 0.1) is 6.54 Å². The highest BCUT2D eigenvalue weighted by molar-refractivity contribution is 5.97. The van der Waals surface area contributed by atoms with E-state index in [-0.39, 0.29) is 5.78 Å². The zero-order valence-electron chi connectivity index (χ0n) is 13.0. The van der Waals surface area contributed by atoms with Crippen LogP contribution in [-0.4, -0.2) is 56.4 Å². The third kappa shape index (κ3) is 4.15. The fourth-order valence-electron chi connectivity index (χ4n) is 2.82. The van der Waals surface area contributed by atoms with Crippen LogP contribution in [0.1, 0.15) is 34.3 Å². The number of Topliss-reactive ketones (excluding diaryl/α,β-unsaturated/α-hetero) is 1. The van der Waals surface area contributed by atoms with Gasteiger partial charge >= 0.3 is 0 Å². The summed E-state index contributed by atoms with van der Waals surface area (Å²) in [7, 11) is 6.19. The molecule has 0 unspecified atom stereocenters. The zero-order valence-corrected chi connectivity index (χ0v) is 13.0. The van der Waals surface area contributed by atoms with Crippen LogP contribution in [-0.2, 0) is 12.8 Å². The number of rotatable bonds is 7. The number of ketones is 1. The number of hydrogen-bond acceptors (Lipinski definition) is 3. The molecule has 0 fully saturated rings. The van der Waals surface area contributed by atoms with Crippen LogP contribution in [0.15, 0.2) is 18.2 Å². The van der Waals surface area contributed by atoms with E-state index in [1.165, 1.54) is 24.0 Å². The minimum Gasteiger partial charge on any atom is -0.309 e. The van der Waals surface area contributed by atoms with Crippen molar-refractivity contribution in [2.75, 3.05) is 40.8 Å². The van der Waals surface area contributed by atoms with Gasteiger partial charge in [0.15, 0.2) is 5.78 Å². The fraction of sp³-hybridized carbons (Fsp3) is 0.588. The summed E-state index contributed by atoms with van der Waals surface area (Å²) >= 11 is 0. The van der Waals surface area contributed by atoms with Gasteiger partial charge in [0.25, 0.3) is 0 Å². The molecule has 3 nitrogen and oxygen atoms in total. The molecule has 1 aromatic carbocycles. The third-order valence-corrected chi connectivity index (χ3v) is 3.98. The van der Waals surface area contributed by atoms with Crippen molar-refractivity contribution in [1.82, 2.24) is 9.80 Å². The summed E-state index contributed by atoms with van der Waals surface area (Å²) in [5.74, 6) is 0.243. The average Bonchev–Trinajstić information content (AvgIpc) is 2.85. The first kappa shape index (κ1) is 15.2. The van der Waals surface area contributed by atoms with Gasteiger partial charge in [0, 0.05) is 5.56 Å². The minimum atomic E-state index is 0.243. The lowest BCUT2D eigenvalue weighted by molar-refractivity contribution is 0.0944. The van der Waals surface area contributed by atoms with Gasteiger partial charge in [-0.05, 0) is 77.1 Å². The molecular weight excluding hydrogens is 248 g/mol. The van der Waals surface area contributed by atoms with Gasteiger partial charge in [-0.3, -0.25) is 9.69 Å². The molecule has 110 valence electrons. The Hall–Kier alpha value is -1.19. The molecule has 0 saturated carbocycles. The summed E-state index contributed by atoms with van der Waals surface area (Å²) in [5.41, 5.74) is 3.69. The van der Waals surface area contributed by atoms with Crippen molar-refractivity contribution in [2.24, 2.45) is 0 Å². The van der Waals surface area contributed by atoms with Gasteiger partial charge in [-0.25, -0.2) is 0 Å². The summed E-state index contributed by atoms with van der Waals surface area (Å²) < 4.78 is 0. The molecule has 0 heterocycles. The van der Waals surface area contributed by atoms with Crippen molar-refractivity contribution in [3.05, 3.63) is 34.9 Å². The molecule has 0 radical (unpaired) electrons. The number of fused-ring (bicyclic) bond motifs is 1. The van der Waals surface area contributed by atoms with Crippen molar-refractivity contribution >= 4 is 5.78 Å². The molecule has 20 heavy (non-hydrogen) atoms. The van der Waals surface area contributed by atoms with E-state index in [2.05, 4.69) is 36.0 Å². The minimum absolute atomic E-state index is 0.243. The van der Waals surface area contributed by atoms with Crippen molar-refractivity contribution in [3.63, 3.8) is 0 Å². The van der Waals surface area contributed by atoms with Crippen molar-refractivity contribution in [1.29, 1.82) is 0 Å². The highest BCUT2D eigenvalue weighted by atomic mass is 16.1. The van der Waals surface area contributed by atoms with Crippen molar-refractivity contribution in [3.8, 4) is 0 Å². The topological polar surface area (TPSA) is 23.6 Å². The fourth-order valence-corrected chi connectivity index (χ4v) is 2.82. The van der Waals surface area contributed by atoms with Crippen LogP contribution in [0, 0.1) is 0 Å². The standard InChI is InChI=1S/C17H26N2O/c1-18(2)10-5-11-19(3)13-17(20)16-9-8-14-6-4-7-15(14)12-16/h8-9,12H,4-7,10-11,13H2,1-3H3. The number of aryl methyl sites for hydroxylation is 2. The molecule has 0 aliphatic heterocycles. The van der Waals surface area contributed by atoms with E-state index in [1.54, 1.807) is 0 Å². The predicted molar refractivity (Wildman–Crippen MR) is 83.5 cm³/mol. The van der Waals surface area contributed by atoms with E-state index in [0.717, 1.165) is 31.5 Å². The monoisotopic (exact) mass is 274 g/mol. The third-order valence-electron chi connectivity index (χ3n) is 3.98. The maximum absolute atomic E-state index is 12.3. The van der Waals surface area contributed by atoms with Crippen LogP contribution in [0.4, 0.5) is 0 Å². The summed E-state index contributed by atoms with van der Waals surface area (Å²) in [4.78, 5) is 16.6. The normalized spacial score (nSPS) is 14.1. The van der Waals surface area contributed by atoms with Crippen LogP contribution >= 0.6 is 0 Å².